The van der Waals surface area contributed by atoms with Crippen LogP contribution in [0, 0.1) is 0 Å². The molecule has 0 aliphatic carbocycles. The highest BCUT2D eigenvalue weighted by molar-refractivity contribution is 5.92. The van der Waals surface area contributed by atoms with Gasteiger partial charge in [-0.1, -0.05) is 6.07 Å². The Morgan fingerprint density at radius 2 is 2.20 bits per heavy atom. The summed E-state index contributed by atoms with van der Waals surface area (Å²) < 4.78 is 0. The minimum absolute atomic E-state index is 0.00101. The van der Waals surface area contributed by atoms with Gasteiger partial charge in [0.2, 0.25) is 0 Å². The van der Waals surface area contributed by atoms with Gasteiger partial charge in [-0.2, -0.15) is 0 Å². The van der Waals surface area contributed by atoms with Gasteiger partial charge in [0.15, 0.2) is 0 Å². The summed E-state index contributed by atoms with van der Waals surface area (Å²) in [7, 11) is 0. The largest absolute Gasteiger partial charge is 0.379 e. The smallest absolute Gasteiger partial charge is 0.272 e. The molecule has 2 aromatic rings. The number of carbonyl (C=O) groups is 1. The maximum absolute atomic E-state index is 12.3. The average molecular weight is 268 g/mol. The Morgan fingerprint density at radius 3 is 2.95 bits per heavy atom. The van der Waals surface area contributed by atoms with Crippen molar-refractivity contribution in [2.24, 2.45) is 0 Å². The first-order chi connectivity index (χ1) is 9.83. The van der Waals surface area contributed by atoms with Crippen LogP contribution in [-0.2, 0) is 0 Å². The zero-order valence-corrected chi connectivity index (χ0v) is 11.1. The molecule has 1 fully saturated rings. The molecule has 5 heteroatoms. The molecule has 2 aromatic heterocycles. The van der Waals surface area contributed by atoms with E-state index in [9.17, 15) is 4.79 Å². The number of pyridine rings is 2. The number of amides is 1. The van der Waals surface area contributed by atoms with E-state index in [-0.39, 0.29) is 11.9 Å². The van der Waals surface area contributed by atoms with E-state index in [4.69, 9.17) is 0 Å². The van der Waals surface area contributed by atoms with Gasteiger partial charge < -0.3 is 10.2 Å². The molecule has 1 amide bonds. The molecule has 0 bridgehead atoms. The third-order valence-corrected chi connectivity index (χ3v) is 3.39. The molecular weight excluding hydrogens is 252 g/mol. The lowest BCUT2D eigenvalue weighted by Gasteiger charge is -2.17. The number of carbonyl (C=O) groups excluding carboxylic acids is 1. The van der Waals surface area contributed by atoms with Crippen molar-refractivity contribution in [2.45, 2.75) is 12.5 Å². The van der Waals surface area contributed by atoms with Crippen LogP contribution in [-0.4, -0.2) is 39.9 Å². The number of hydrogen-bond donors (Lipinski definition) is 1. The lowest BCUT2D eigenvalue weighted by Crippen LogP contribution is -2.32. The Morgan fingerprint density at radius 1 is 1.25 bits per heavy atom. The molecule has 0 aromatic carbocycles. The molecule has 102 valence electrons. The van der Waals surface area contributed by atoms with Gasteiger partial charge in [-0.25, -0.2) is 0 Å². The summed E-state index contributed by atoms with van der Waals surface area (Å²) in [4.78, 5) is 22.3. The zero-order chi connectivity index (χ0) is 13.8. The Balaban J connectivity index is 1.61. The Kier molecular flexibility index (Phi) is 3.58. The van der Waals surface area contributed by atoms with Crippen LogP contribution in [0.1, 0.15) is 16.9 Å². The molecule has 0 radical (unpaired) electrons. The summed E-state index contributed by atoms with van der Waals surface area (Å²) in [6, 6.07) is 9.55. The van der Waals surface area contributed by atoms with E-state index in [1.54, 1.807) is 24.7 Å². The molecule has 20 heavy (non-hydrogen) atoms. The van der Waals surface area contributed by atoms with Gasteiger partial charge in [-0.3, -0.25) is 14.8 Å². The fourth-order valence-electron chi connectivity index (χ4n) is 2.40. The second kappa shape index (κ2) is 5.69. The maximum atomic E-state index is 12.3. The maximum Gasteiger partial charge on any atom is 0.272 e. The molecule has 1 saturated heterocycles. The first-order valence-corrected chi connectivity index (χ1v) is 6.70. The minimum atomic E-state index is 0.00101. The van der Waals surface area contributed by atoms with E-state index in [1.165, 1.54) is 0 Å². The third-order valence-electron chi connectivity index (χ3n) is 3.39. The van der Waals surface area contributed by atoms with Crippen LogP contribution in [0.4, 0.5) is 5.69 Å². The number of aromatic nitrogens is 2. The molecular formula is C15H16N4O. The molecule has 1 aliphatic heterocycles. The van der Waals surface area contributed by atoms with E-state index in [0.717, 1.165) is 18.7 Å². The van der Waals surface area contributed by atoms with Crippen LogP contribution in [0.2, 0.25) is 0 Å². The second-order valence-corrected chi connectivity index (χ2v) is 4.84. The highest BCUT2D eigenvalue weighted by Gasteiger charge is 2.27. The highest BCUT2D eigenvalue weighted by Crippen LogP contribution is 2.16. The van der Waals surface area contributed by atoms with Crippen LogP contribution in [0.25, 0.3) is 0 Å². The topological polar surface area (TPSA) is 58.1 Å². The van der Waals surface area contributed by atoms with E-state index < -0.39 is 0 Å². The number of anilines is 1. The quantitative estimate of drug-likeness (QED) is 0.922. The van der Waals surface area contributed by atoms with Crippen molar-refractivity contribution in [3.05, 3.63) is 54.6 Å². The van der Waals surface area contributed by atoms with E-state index >= 15 is 0 Å². The molecule has 1 aliphatic rings. The van der Waals surface area contributed by atoms with Crippen molar-refractivity contribution in [1.29, 1.82) is 0 Å². The Labute approximate surface area is 117 Å². The first kappa shape index (κ1) is 12.6. The summed E-state index contributed by atoms with van der Waals surface area (Å²) in [5, 5.41) is 3.40. The van der Waals surface area contributed by atoms with Crippen molar-refractivity contribution >= 4 is 11.6 Å². The van der Waals surface area contributed by atoms with Crippen LogP contribution in [0.5, 0.6) is 0 Å². The molecule has 0 spiro atoms. The van der Waals surface area contributed by atoms with E-state index in [2.05, 4.69) is 15.3 Å². The van der Waals surface area contributed by atoms with Crippen molar-refractivity contribution in [1.82, 2.24) is 14.9 Å². The fraction of sp³-hybridized carbons (Fsp3) is 0.267. The number of likely N-dealkylation sites (tertiary alicyclic amines) is 1. The van der Waals surface area contributed by atoms with Crippen LogP contribution >= 0.6 is 0 Å². The Hall–Kier alpha value is -2.43. The molecule has 5 nitrogen and oxygen atoms in total. The summed E-state index contributed by atoms with van der Waals surface area (Å²) in [5.74, 6) is 0.00101. The summed E-state index contributed by atoms with van der Waals surface area (Å²) in [5.41, 5.74) is 1.50. The third kappa shape index (κ3) is 2.77. The van der Waals surface area contributed by atoms with E-state index in [0.29, 0.717) is 12.2 Å². The Bertz CT molecular complexity index is 573. The predicted molar refractivity (Wildman–Crippen MR) is 76.4 cm³/mol. The van der Waals surface area contributed by atoms with Crippen molar-refractivity contribution < 1.29 is 4.79 Å². The average Bonchev–Trinajstić information content (AvgIpc) is 2.97. The predicted octanol–water partition coefficient (Wildman–Crippen LogP) is 1.80. The van der Waals surface area contributed by atoms with Crippen molar-refractivity contribution in [2.75, 3.05) is 18.4 Å². The molecule has 1 atom stereocenters. The standard InChI is InChI=1S/C15H16N4O/c20-15(14-5-1-2-8-17-14)19-9-6-13(11-19)18-12-4-3-7-16-10-12/h1-5,7-8,10,13,18H,6,9,11H2. The number of nitrogens with one attached hydrogen (secondary N) is 1. The SMILES string of the molecule is O=C(c1ccccn1)N1CCC(Nc2cccnc2)C1. The van der Waals surface area contributed by atoms with Crippen molar-refractivity contribution in [3.8, 4) is 0 Å². The van der Waals surface area contributed by atoms with Crippen LogP contribution < -0.4 is 5.32 Å². The first-order valence-electron chi connectivity index (χ1n) is 6.70. The van der Waals surface area contributed by atoms with Gasteiger partial charge >= 0.3 is 0 Å². The number of nitrogens with zero attached hydrogens (tertiary/aromatic N) is 3. The molecule has 0 saturated carbocycles. The van der Waals surface area contributed by atoms with Gasteiger partial charge in [-0.15, -0.1) is 0 Å². The zero-order valence-electron chi connectivity index (χ0n) is 11.1. The molecule has 3 heterocycles. The van der Waals surface area contributed by atoms with Gasteiger partial charge in [0.25, 0.3) is 5.91 Å². The molecule has 1 N–H and O–H groups in total. The highest BCUT2D eigenvalue weighted by atomic mass is 16.2. The summed E-state index contributed by atoms with van der Waals surface area (Å²) >= 11 is 0. The van der Waals surface area contributed by atoms with E-state index in [1.807, 2.05) is 29.2 Å². The number of hydrogen-bond acceptors (Lipinski definition) is 4. The van der Waals surface area contributed by atoms with Crippen molar-refractivity contribution in [3.63, 3.8) is 0 Å². The van der Waals surface area contributed by atoms with Crippen LogP contribution in [0.3, 0.4) is 0 Å². The fourth-order valence-corrected chi connectivity index (χ4v) is 2.40. The van der Waals surface area contributed by atoms with Gasteiger partial charge in [-0.05, 0) is 30.7 Å². The second-order valence-electron chi connectivity index (χ2n) is 4.84. The van der Waals surface area contributed by atoms with Gasteiger partial charge in [0.1, 0.15) is 5.69 Å². The van der Waals surface area contributed by atoms with Crippen LogP contribution in [0.15, 0.2) is 48.9 Å². The lowest BCUT2D eigenvalue weighted by atomic mass is 10.2. The van der Waals surface area contributed by atoms with Gasteiger partial charge in [0.05, 0.1) is 5.69 Å². The van der Waals surface area contributed by atoms with Gasteiger partial charge in [0, 0.05) is 37.7 Å². The number of rotatable bonds is 3. The molecule has 1 unspecified atom stereocenters. The minimum Gasteiger partial charge on any atom is -0.379 e. The normalized spacial score (nSPS) is 18.0. The summed E-state index contributed by atoms with van der Waals surface area (Å²) in [6.45, 7) is 1.46. The monoisotopic (exact) mass is 268 g/mol. The molecule has 3 rings (SSSR count). The lowest BCUT2D eigenvalue weighted by molar-refractivity contribution is 0.0786. The summed E-state index contributed by atoms with van der Waals surface area (Å²) in [6.07, 6.45) is 6.13.